The largest absolute Gasteiger partial charge is 0.354 e. The van der Waals surface area contributed by atoms with Crippen LogP contribution in [0.15, 0.2) is 24.3 Å². The van der Waals surface area contributed by atoms with Crippen molar-refractivity contribution in [2.24, 2.45) is 5.92 Å². The van der Waals surface area contributed by atoms with Crippen molar-refractivity contribution in [3.8, 4) is 0 Å². The molecular weight excluding hydrogens is 343 g/mol. The van der Waals surface area contributed by atoms with E-state index in [-0.39, 0.29) is 17.8 Å². The molecule has 1 amide bonds. The summed E-state index contributed by atoms with van der Waals surface area (Å²) in [6, 6.07) is 6.43. The number of aromatic nitrogens is 2. The highest BCUT2D eigenvalue weighted by atomic mass is 19.1. The predicted octanol–water partition coefficient (Wildman–Crippen LogP) is 3.26. The first kappa shape index (κ1) is 21.1. The van der Waals surface area contributed by atoms with E-state index >= 15 is 0 Å². The third kappa shape index (κ3) is 5.63. The standard InChI is InChI=1S/C21H31FN4O/c1-14(2)13-26-16(4)19(15(3)24-26)11-21(27)23-12-20(25(5)6)17-8-7-9-18(22)10-17/h7-10,14,20H,11-13H2,1-6H3,(H,23,27). The quantitative estimate of drug-likeness (QED) is 0.772. The number of halogens is 1. The summed E-state index contributed by atoms with van der Waals surface area (Å²) < 4.78 is 15.5. The van der Waals surface area contributed by atoms with Crippen molar-refractivity contribution in [1.29, 1.82) is 0 Å². The Labute approximate surface area is 161 Å². The number of aryl methyl sites for hydroxylation is 1. The maximum atomic E-state index is 13.5. The summed E-state index contributed by atoms with van der Waals surface area (Å²) in [4.78, 5) is 14.5. The number of benzene rings is 1. The number of rotatable bonds is 8. The van der Waals surface area contributed by atoms with E-state index in [1.54, 1.807) is 6.07 Å². The highest BCUT2D eigenvalue weighted by Crippen LogP contribution is 2.19. The average molecular weight is 375 g/mol. The van der Waals surface area contributed by atoms with Crippen LogP contribution in [0.4, 0.5) is 4.39 Å². The number of likely N-dealkylation sites (N-methyl/N-ethyl adjacent to an activating group) is 1. The molecule has 1 heterocycles. The first-order valence-corrected chi connectivity index (χ1v) is 9.40. The molecule has 27 heavy (non-hydrogen) atoms. The zero-order valence-electron chi connectivity index (χ0n) is 17.2. The first-order chi connectivity index (χ1) is 12.7. The normalized spacial score (nSPS) is 12.6. The second-order valence-electron chi connectivity index (χ2n) is 7.74. The number of hydrogen-bond acceptors (Lipinski definition) is 3. The summed E-state index contributed by atoms with van der Waals surface area (Å²) in [5.74, 6) is 0.180. The third-order valence-electron chi connectivity index (χ3n) is 4.76. The average Bonchev–Trinajstić information content (AvgIpc) is 2.81. The van der Waals surface area contributed by atoms with Gasteiger partial charge in [-0.1, -0.05) is 26.0 Å². The van der Waals surface area contributed by atoms with E-state index in [0.717, 1.165) is 29.1 Å². The maximum absolute atomic E-state index is 13.5. The van der Waals surface area contributed by atoms with E-state index in [0.29, 0.717) is 18.9 Å². The van der Waals surface area contributed by atoms with E-state index in [9.17, 15) is 9.18 Å². The Hall–Kier alpha value is -2.21. The molecule has 1 aromatic carbocycles. The van der Waals surface area contributed by atoms with Crippen molar-refractivity contribution in [2.75, 3.05) is 20.6 Å². The van der Waals surface area contributed by atoms with Gasteiger partial charge < -0.3 is 10.2 Å². The van der Waals surface area contributed by atoms with Crippen LogP contribution >= 0.6 is 0 Å². The molecule has 0 aliphatic rings. The van der Waals surface area contributed by atoms with Gasteiger partial charge >= 0.3 is 0 Å². The van der Waals surface area contributed by atoms with Gasteiger partial charge in [0.1, 0.15) is 5.82 Å². The number of hydrogen-bond donors (Lipinski definition) is 1. The Kier molecular flexibility index (Phi) is 7.13. The van der Waals surface area contributed by atoms with Crippen molar-refractivity contribution >= 4 is 5.91 Å². The second kappa shape index (κ2) is 9.13. The monoisotopic (exact) mass is 374 g/mol. The Balaban J connectivity index is 2.04. The third-order valence-corrected chi connectivity index (χ3v) is 4.76. The van der Waals surface area contributed by atoms with Crippen LogP contribution in [0.25, 0.3) is 0 Å². The molecule has 0 aliphatic carbocycles. The lowest BCUT2D eigenvalue weighted by atomic mass is 10.1. The number of amides is 1. The highest BCUT2D eigenvalue weighted by Gasteiger charge is 2.18. The topological polar surface area (TPSA) is 50.2 Å². The fourth-order valence-corrected chi connectivity index (χ4v) is 3.26. The second-order valence-corrected chi connectivity index (χ2v) is 7.74. The molecule has 0 saturated heterocycles. The van der Waals surface area contributed by atoms with Gasteiger partial charge in [0.05, 0.1) is 18.2 Å². The van der Waals surface area contributed by atoms with Gasteiger partial charge in [-0.15, -0.1) is 0 Å². The van der Waals surface area contributed by atoms with Crippen LogP contribution in [0.2, 0.25) is 0 Å². The van der Waals surface area contributed by atoms with Crippen molar-refractivity contribution in [3.63, 3.8) is 0 Å². The Morgan fingerprint density at radius 2 is 2.00 bits per heavy atom. The maximum Gasteiger partial charge on any atom is 0.224 e. The van der Waals surface area contributed by atoms with Crippen LogP contribution in [0, 0.1) is 25.6 Å². The summed E-state index contributed by atoms with van der Waals surface area (Å²) in [6.45, 7) is 9.53. The Morgan fingerprint density at radius 3 is 2.59 bits per heavy atom. The van der Waals surface area contributed by atoms with Gasteiger partial charge in [-0.2, -0.15) is 5.10 Å². The summed E-state index contributed by atoms with van der Waals surface area (Å²) in [5.41, 5.74) is 3.78. The zero-order valence-corrected chi connectivity index (χ0v) is 17.2. The molecule has 0 spiro atoms. The molecule has 6 heteroatoms. The van der Waals surface area contributed by atoms with Gasteiger partial charge in [0, 0.05) is 24.3 Å². The molecule has 1 unspecified atom stereocenters. The molecule has 0 fully saturated rings. The molecule has 5 nitrogen and oxygen atoms in total. The molecule has 2 aromatic rings. The predicted molar refractivity (Wildman–Crippen MR) is 106 cm³/mol. The van der Waals surface area contributed by atoms with Crippen molar-refractivity contribution in [2.45, 2.75) is 46.7 Å². The fraction of sp³-hybridized carbons (Fsp3) is 0.524. The number of carbonyl (C=O) groups is 1. The molecule has 1 aromatic heterocycles. The smallest absolute Gasteiger partial charge is 0.224 e. The summed E-state index contributed by atoms with van der Waals surface area (Å²) in [6.07, 6.45) is 0.305. The molecule has 2 rings (SSSR count). The lowest BCUT2D eigenvalue weighted by Gasteiger charge is -2.25. The Morgan fingerprint density at radius 1 is 1.30 bits per heavy atom. The van der Waals surface area contributed by atoms with Gasteiger partial charge in [-0.3, -0.25) is 9.48 Å². The fourth-order valence-electron chi connectivity index (χ4n) is 3.26. The van der Waals surface area contributed by atoms with Crippen LogP contribution in [-0.2, 0) is 17.8 Å². The first-order valence-electron chi connectivity index (χ1n) is 9.40. The Bertz CT molecular complexity index is 782. The van der Waals surface area contributed by atoms with Gasteiger partial charge in [0.15, 0.2) is 0 Å². The molecule has 1 N–H and O–H groups in total. The summed E-state index contributed by atoms with van der Waals surface area (Å²) in [7, 11) is 3.85. The van der Waals surface area contributed by atoms with Crippen molar-refractivity contribution in [1.82, 2.24) is 20.0 Å². The van der Waals surface area contributed by atoms with Crippen LogP contribution < -0.4 is 5.32 Å². The van der Waals surface area contributed by atoms with E-state index < -0.39 is 0 Å². The van der Waals surface area contributed by atoms with Crippen LogP contribution in [-0.4, -0.2) is 41.2 Å². The molecule has 0 radical (unpaired) electrons. The lowest BCUT2D eigenvalue weighted by Crippen LogP contribution is -2.35. The van der Waals surface area contributed by atoms with Crippen LogP contribution in [0.3, 0.4) is 0 Å². The van der Waals surface area contributed by atoms with Crippen LogP contribution in [0.1, 0.15) is 42.4 Å². The van der Waals surface area contributed by atoms with E-state index in [4.69, 9.17) is 0 Å². The minimum atomic E-state index is -0.269. The summed E-state index contributed by atoms with van der Waals surface area (Å²) >= 11 is 0. The van der Waals surface area contributed by atoms with Crippen LogP contribution in [0.5, 0.6) is 0 Å². The lowest BCUT2D eigenvalue weighted by molar-refractivity contribution is -0.120. The van der Waals surface area contributed by atoms with E-state index in [2.05, 4.69) is 24.3 Å². The minimum Gasteiger partial charge on any atom is -0.354 e. The SMILES string of the molecule is Cc1nn(CC(C)C)c(C)c1CC(=O)NCC(c1cccc(F)c1)N(C)C. The molecule has 0 bridgehead atoms. The summed E-state index contributed by atoms with van der Waals surface area (Å²) in [5, 5.41) is 7.57. The molecule has 0 aliphatic heterocycles. The molecular formula is C21H31FN4O. The van der Waals surface area contributed by atoms with Gasteiger partial charge in [0.25, 0.3) is 0 Å². The van der Waals surface area contributed by atoms with Crippen molar-refractivity contribution < 1.29 is 9.18 Å². The molecule has 148 valence electrons. The minimum absolute atomic E-state index is 0.0476. The van der Waals surface area contributed by atoms with E-state index in [1.807, 2.05) is 43.6 Å². The van der Waals surface area contributed by atoms with Gasteiger partial charge in [-0.05, 0) is 51.6 Å². The highest BCUT2D eigenvalue weighted by molar-refractivity contribution is 5.79. The number of carbonyl (C=O) groups excluding carboxylic acids is 1. The van der Waals surface area contributed by atoms with Gasteiger partial charge in [0.2, 0.25) is 5.91 Å². The zero-order chi connectivity index (χ0) is 20.1. The number of nitrogens with one attached hydrogen (secondary N) is 1. The van der Waals surface area contributed by atoms with Gasteiger partial charge in [-0.25, -0.2) is 4.39 Å². The molecule has 1 atom stereocenters. The van der Waals surface area contributed by atoms with Crippen molar-refractivity contribution in [3.05, 3.63) is 52.6 Å². The molecule has 0 saturated carbocycles. The number of nitrogens with zero attached hydrogens (tertiary/aromatic N) is 3. The van der Waals surface area contributed by atoms with E-state index in [1.165, 1.54) is 12.1 Å².